The van der Waals surface area contributed by atoms with Gasteiger partial charge in [-0.25, -0.2) is 13.1 Å². The number of nitrogens with zero attached hydrogens (tertiary/aromatic N) is 1. The zero-order chi connectivity index (χ0) is 19.8. The number of nitrogens with one attached hydrogen (secondary N) is 2. The monoisotopic (exact) mass is 401 g/mol. The van der Waals surface area contributed by atoms with Gasteiger partial charge in [0.15, 0.2) is 0 Å². The van der Waals surface area contributed by atoms with Crippen LogP contribution in [0.4, 0.5) is 5.69 Å². The van der Waals surface area contributed by atoms with Crippen LogP contribution in [0.2, 0.25) is 0 Å². The molecule has 0 spiro atoms. The zero-order valence-electron chi connectivity index (χ0n) is 15.9. The Morgan fingerprint density at radius 1 is 0.964 bits per heavy atom. The Bertz CT molecular complexity index is 879. The van der Waals surface area contributed by atoms with Gasteiger partial charge in [-0.05, 0) is 55.8 Å². The smallest absolute Gasteiger partial charge is 0.240 e. The maximum absolute atomic E-state index is 12.2. The molecule has 0 unspecified atom stereocenters. The molecule has 1 aliphatic heterocycles. The molecule has 1 heterocycles. The summed E-state index contributed by atoms with van der Waals surface area (Å²) in [5.74, 6) is -0.217. The van der Waals surface area contributed by atoms with Crippen molar-refractivity contribution < 1.29 is 13.2 Å². The maximum Gasteiger partial charge on any atom is 0.240 e. The minimum Gasteiger partial charge on any atom is -0.326 e. The number of benzene rings is 2. The fraction of sp³-hybridized carbons (Fsp3) is 0.381. The number of likely N-dealkylation sites (tertiary alicyclic amines) is 1. The van der Waals surface area contributed by atoms with E-state index < -0.39 is 10.0 Å². The van der Waals surface area contributed by atoms with Gasteiger partial charge in [0.2, 0.25) is 15.9 Å². The van der Waals surface area contributed by atoms with Crippen LogP contribution in [0.5, 0.6) is 0 Å². The molecule has 3 rings (SSSR count). The highest BCUT2D eigenvalue weighted by Crippen LogP contribution is 2.16. The number of sulfonamides is 1. The van der Waals surface area contributed by atoms with Crippen molar-refractivity contribution in [2.75, 3.05) is 25.0 Å². The van der Waals surface area contributed by atoms with E-state index in [-0.39, 0.29) is 23.8 Å². The minimum absolute atomic E-state index is 0.0521. The van der Waals surface area contributed by atoms with Gasteiger partial charge < -0.3 is 5.32 Å². The quantitative estimate of drug-likeness (QED) is 0.713. The first-order chi connectivity index (χ1) is 13.5. The molecular formula is C21H27N3O3S. The molecule has 0 saturated carbocycles. The van der Waals surface area contributed by atoms with Gasteiger partial charge in [0.25, 0.3) is 0 Å². The molecule has 0 aromatic heterocycles. The number of amides is 1. The van der Waals surface area contributed by atoms with Crippen molar-refractivity contribution in [1.29, 1.82) is 0 Å². The number of carbonyl (C=O) groups is 1. The van der Waals surface area contributed by atoms with Gasteiger partial charge in [-0.15, -0.1) is 0 Å². The first-order valence-electron chi connectivity index (χ1n) is 9.69. The highest BCUT2D eigenvalue weighted by molar-refractivity contribution is 7.89. The number of hydrogen-bond donors (Lipinski definition) is 2. The van der Waals surface area contributed by atoms with Crippen LogP contribution in [0.15, 0.2) is 59.5 Å². The second-order valence-corrected chi connectivity index (χ2v) is 8.81. The second kappa shape index (κ2) is 9.82. The van der Waals surface area contributed by atoms with Crippen LogP contribution in [-0.2, 0) is 21.4 Å². The summed E-state index contributed by atoms with van der Waals surface area (Å²) in [4.78, 5) is 14.8. The molecule has 7 heteroatoms. The second-order valence-electron chi connectivity index (χ2n) is 7.05. The van der Waals surface area contributed by atoms with E-state index in [1.54, 1.807) is 18.2 Å². The third-order valence-electron chi connectivity index (χ3n) is 4.76. The lowest BCUT2D eigenvalue weighted by atomic mass is 10.1. The third kappa shape index (κ3) is 6.15. The molecule has 0 radical (unpaired) electrons. The topological polar surface area (TPSA) is 78.5 Å². The molecular weight excluding hydrogens is 374 g/mol. The lowest BCUT2D eigenvalue weighted by Gasteiger charge is -2.26. The van der Waals surface area contributed by atoms with E-state index in [2.05, 4.69) is 21.0 Å². The lowest BCUT2D eigenvalue weighted by molar-refractivity contribution is -0.116. The molecule has 1 aliphatic rings. The largest absolute Gasteiger partial charge is 0.326 e. The fourth-order valence-electron chi connectivity index (χ4n) is 3.33. The summed E-state index contributed by atoms with van der Waals surface area (Å²) >= 11 is 0. The van der Waals surface area contributed by atoms with Crippen molar-refractivity contribution in [3.8, 4) is 0 Å². The van der Waals surface area contributed by atoms with E-state index in [1.807, 2.05) is 18.2 Å². The van der Waals surface area contributed by atoms with Gasteiger partial charge in [-0.2, -0.15) is 0 Å². The molecule has 0 aliphatic carbocycles. The van der Waals surface area contributed by atoms with Gasteiger partial charge in [-0.1, -0.05) is 36.8 Å². The number of anilines is 1. The molecule has 6 nitrogen and oxygen atoms in total. The van der Waals surface area contributed by atoms with E-state index >= 15 is 0 Å². The summed E-state index contributed by atoms with van der Waals surface area (Å²) in [7, 11) is -3.59. The van der Waals surface area contributed by atoms with E-state index in [4.69, 9.17) is 0 Å². The van der Waals surface area contributed by atoms with Crippen LogP contribution >= 0.6 is 0 Å². The average Bonchev–Trinajstić information content (AvgIpc) is 2.69. The normalized spacial score (nSPS) is 15.3. The Morgan fingerprint density at radius 3 is 2.46 bits per heavy atom. The van der Waals surface area contributed by atoms with Crippen LogP contribution in [0, 0.1) is 0 Å². The summed E-state index contributed by atoms with van der Waals surface area (Å²) in [6, 6.07) is 16.0. The number of rotatable bonds is 8. The Labute approximate surface area is 167 Å². The van der Waals surface area contributed by atoms with Gasteiger partial charge in [-0.3, -0.25) is 9.69 Å². The third-order valence-corrected chi connectivity index (χ3v) is 6.24. The molecule has 1 amide bonds. The van der Waals surface area contributed by atoms with Crippen molar-refractivity contribution in [3.63, 3.8) is 0 Å². The van der Waals surface area contributed by atoms with Crippen LogP contribution in [0.25, 0.3) is 0 Å². The number of hydrogen-bond acceptors (Lipinski definition) is 4. The molecule has 0 bridgehead atoms. The zero-order valence-corrected chi connectivity index (χ0v) is 16.7. The molecule has 1 fully saturated rings. The summed E-state index contributed by atoms with van der Waals surface area (Å²) in [6.07, 6.45) is 3.87. The van der Waals surface area contributed by atoms with Crippen LogP contribution in [-0.4, -0.2) is 38.9 Å². The predicted octanol–water partition coefficient (Wildman–Crippen LogP) is 2.98. The molecule has 1 saturated heterocycles. The lowest BCUT2D eigenvalue weighted by Crippen LogP contribution is -2.29. The van der Waals surface area contributed by atoms with Crippen LogP contribution in [0.1, 0.15) is 31.2 Å². The molecule has 28 heavy (non-hydrogen) atoms. The minimum atomic E-state index is -3.59. The Balaban J connectivity index is 1.47. The summed E-state index contributed by atoms with van der Waals surface area (Å²) in [5, 5.41) is 2.85. The molecule has 2 N–H and O–H groups in total. The first kappa shape index (κ1) is 20.5. The maximum atomic E-state index is 12.2. The van der Waals surface area contributed by atoms with Crippen molar-refractivity contribution in [2.24, 2.45) is 0 Å². The van der Waals surface area contributed by atoms with Gasteiger partial charge in [0.1, 0.15) is 0 Å². The van der Waals surface area contributed by atoms with Crippen molar-refractivity contribution in [2.45, 2.75) is 37.1 Å². The Hall–Kier alpha value is -2.22. The SMILES string of the molecule is O=C(CCNS(=O)(=O)c1ccccc1)Nc1cccc(CN2CCCCC2)c1. The fourth-order valence-corrected chi connectivity index (χ4v) is 4.38. The Kier molecular flexibility index (Phi) is 7.19. The summed E-state index contributed by atoms with van der Waals surface area (Å²) < 4.78 is 26.8. The highest BCUT2D eigenvalue weighted by atomic mass is 32.2. The number of piperidine rings is 1. The van der Waals surface area contributed by atoms with E-state index in [0.29, 0.717) is 0 Å². The molecule has 150 valence electrons. The van der Waals surface area contributed by atoms with E-state index in [0.717, 1.165) is 25.3 Å². The predicted molar refractivity (Wildman–Crippen MR) is 110 cm³/mol. The van der Waals surface area contributed by atoms with Crippen molar-refractivity contribution in [3.05, 3.63) is 60.2 Å². The van der Waals surface area contributed by atoms with Crippen LogP contribution in [0.3, 0.4) is 0 Å². The van der Waals surface area contributed by atoms with E-state index in [9.17, 15) is 13.2 Å². The summed E-state index contributed by atoms with van der Waals surface area (Å²) in [5.41, 5.74) is 1.91. The standard InChI is InChI=1S/C21H27N3O3S/c25-21(12-13-22-28(26,27)20-10-3-1-4-11-20)23-19-9-7-8-18(16-19)17-24-14-5-2-6-15-24/h1,3-4,7-11,16,22H,2,5-6,12-15,17H2,(H,23,25). The summed E-state index contributed by atoms with van der Waals surface area (Å²) in [6.45, 7) is 3.19. The highest BCUT2D eigenvalue weighted by Gasteiger charge is 2.14. The first-order valence-corrected chi connectivity index (χ1v) is 11.2. The molecule has 2 aromatic rings. The van der Waals surface area contributed by atoms with Crippen molar-refractivity contribution in [1.82, 2.24) is 9.62 Å². The number of carbonyl (C=O) groups excluding carboxylic acids is 1. The van der Waals surface area contributed by atoms with E-state index in [1.165, 1.54) is 37.0 Å². The molecule has 2 aromatic carbocycles. The van der Waals surface area contributed by atoms with Gasteiger partial charge in [0, 0.05) is 25.2 Å². The van der Waals surface area contributed by atoms with Crippen molar-refractivity contribution >= 4 is 21.6 Å². The van der Waals surface area contributed by atoms with Gasteiger partial charge in [0.05, 0.1) is 4.90 Å². The average molecular weight is 402 g/mol. The molecule has 0 atom stereocenters. The van der Waals surface area contributed by atoms with Gasteiger partial charge >= 0.3 is 0 Å². The van der Waals surface area contributed by atoms with Crippen LogP contribution < -0.4 is 10.0 Å². The Morgan fingerprint density at radius 2 is 1.71 bits per heavy atom.